The molecular weight excluding hydrogens is 270 g/mol. The number of nitrogen functional groups attached to an aromatic ring is 1. The van der Waals surface area contributed by atoms with Crippen molar-refractivity contribution in [2.75, 3.05) is 19.5 Å². The average Bonchev–Trinajstić information content (AvgIpc) is 2.51. The smallest absolute Gasteiger partial charge is 0.344 e. The second-order valence-corrected chi connectivity index (χ2v) is 4.33. The molecule has 2 aromatic carbocycles. The number of carbonyl (C=O) groups excluding carboxylic acids is 1. The number of hydrogen-bond donors (Lipinski definition) is 1. The van der Waals surface area contributed by atoms with Gasteiger partial charge in [-0.25, -0.2) is 4.79 Å². The van der Waals surface area contributed by atoms with Crippen molar-refractivity contribution in [1.82, 2.24) is 0 Å². The molecule has 2 N–H and O–H groups in total. The van der Waals surface area contributed by atoms with E-state index in [1.165, 1.54) is 0 Å². The van der Waals surface area contributed by atoms with Gasteiger partial charge in [-0.15, -0.1) is 0 Å². The number of esters is 1. The van der Waals surface area contributed by atoms with Gasteiger partial charge in [-0.2, -0.15) is 0 Å². The molecule has 0 heterocycles. The molecule has 0 bridgehead atoms. The van der Waals surface area contributed by atoms with Crippen molar-refractivity contribution >= 4 is 11.7 Å². The topological polar surface area (TPSA) is 70.8 Å². The van der Waals surface area contributed by atoms with Gasteiger partial charge in [0.1, 0.15) is 18.1 Å². The normalized spacial score (nSPS) is 9.95. The fraction of sp³-hybridized carbons (Fsp3) is 0.188. The molecule has 110 valence electrons. The first kappa shape index (κ1) is 14.7. The minimum Gasteiger partial charge on any atom is -0.496 e. The van der Waals surface area contributed by atoms with Gasteiger partial charge < -0.3 is 19.9 Å². The van der Waals surface area contributed by atoms with E-state index in [1.807, 2.05) is 24.3 Å². The highest BCUT2D eigenvalue weighted by Crippen LogP contribution is 2.18. The summed E-state index contributed by atoms with van der Waals surface area (Å²) in [6.45, 7) is -0.0261. The van der Waals surface area contributed by atoms with Crippen molar-refractivity contribution in [1.29, 1.82) is 0 Å². The maximum Gasteiger partial charge on any atom is 0.344 e. The lowest BCUT2D eigenvalue weighted by molar-refractivity contribution is -0.147. The van der Waals surface area contributed by atoms with Crippen LogP contribution in [0, 0.1) is 0 Å². The van der Waals surface area contributed by atoms with Crippen LogP contribution in [0.1, 0.15) is 5.56 Å². The van der Waals surface area contributed by atoms with Crippen LogP contribution in [0.25, 0.3) is 0 Å². The highest BCUT2D eigenvalue weighted by molar-refractivity contribution is 5.71. The molecule has 21 heavy (non-hydrogen) atoms. The van der Waals surface area contributed by atoms with Gasteiger partial charge in [-0.1, -0.05) is 24.3 Å². The third-order valence-corrected chi connectivity index (χ3v) is 2.80. The molecule has 0 spiro atoms. The van der Waals surface area contributed by atoms with Crippen LogP contribution in [0.4, 0.5) is 5.69 Å². The van der Waals surface area contributed by atoms with Gasteiger partial charge in [0.15, 0.2) is 6.61 Å². The van der Waals surface area contributed by atoms with E-state index in [9.17, 15) is 4.79 Å². The molecule has 5 nitrogen and oxygen atoms in total. The Morgan fingerprint density at radius 1 is 1.14 bits per heavy atom. The molecule has 0 fully saturated rings. The van der Waals surface area contributed by atoms with Gasteiger partial charge in [0, 0.05) is 17.3 Å². The lowest BCUT2D eigenvalue weighted by Crippen LogP contribution is -2.15. The van der Waals surface area contributed by atoms with E-state index in [1.54, 1.807) is 31.4 Å². The Morgan fingerprint density at radius 2 is 1.95 bits per heavy atom. The van der Waals surface area contributed by atoms with E-state index in [4.69, 9.17) is 19.9 Å². The standard InChI is InChI=1S/C16H17NO4/c1-19-15-8-3-2-5-12(15)10-21-16(18)11-20-14-7-4-6-13(17)9-14/h2-9H,10-11,17H2,1H3. The Kier molecular flexibility index (Phi) is 5.04. The fourth-order valence-corrected chi connectivity index (χ4v) is 1.77. The number of carbonyl (C=O) groups is 1. The molecule has 0 atom stereocenters. The third-order valence-electron chi connectivity index (χ3n) is 2.80. The summed E-state index contributed by atoms with van der Waals surface area (Å²) >= 11 is 0. The van der Waals surface area contributed by atoms with Crippen LogP contribution >= 0.6 is 0 Å². The summed E-state index contributed by atoms with van der Waals surface area (Å²) in [5, 5.41) is 0. The first-order chi connectivity index (χ1) is 10.2. The molecule has 0 unspecified atom stereocenters. The Hall–Kier alpha value is -2.69. The Bertz CT molecular complexity index is 613. The van der Waals surface area contributed by atoms with Gasteiger partial charge in [-0.05, 0) is 18.2 Å². The fourth-order valence-electron chi connectivity index (χ4n) is 1.77. The molecule has 2 rings (SSSR count). The van der Waals surface area contributed by atoms with Crippen LogP contribution in [0.2, 0.25) is 0 Å². The maximum absolute atomic E-state index is 11.7. The monoisotopic (exact) mass is 287 g/mol. The number of ether oxygens (including phenoxy) is 3. The summed E-state index contributed by atoms with van der Waals surface area (Å²) < 4.78 is 15.6. The molecule has 0 saturated heterocycles. The predicted molar refractivity (Wildman–Crippen MR) is 79.1 cm³/mol. The molecule has 0 saturated carbocycles. The molecule has 0 aliphatic carbocycles. The molecule has 5 heteroatoms. The van der Waals surface area contributed by atoms with E-state index in [-0.39, 0.29) is 13.2 Å². The van der Waals surface area contributed by atoms with Crippen LogP contribution in [-0.4, -0.2) is 19.7 Å². The van der Waals surface area contributed by atoms with E-state index in [0.717, 1.165) is 5.56 Å². The number of hydrogen-bond acceptors (Lipinski definition) is 5. The Morgan fingerprint density at radius 3 is 2.71 bits per heavy atom. The zero-order valence-corrected chi connectivity index (χ0v) is 11.7. The molecule has 0 amide bonds. The van der Waals surface area contributed by atoms with E-state index in [0.29, 0.717) is 17.2 Å². The zero-order valence-electron chi connectivity index (χ0n) is 11.7. The molecule has 0 aliphatic heterocycles. The third kappa shape index (κ3) is 4.42. The average molecular weight is 287 g/mol. The van der Waals surface area contributed by atoms with Gasteiger partial charge in [-0.3, -0.25) is 0 Å². The minimum atomic E-state index is -0.455. The summed E-state index contributed by atoms with van der Waals surface area (Å²) in [6.07, 6.45) is 0. The number of para-hydroxylation sites is 1. The summed E-state index contributed by atoms with van der Waals surface area (Å²) in [7, 11) is 1.57. The molecule has 0 radical (unpaired) electrons. The van der Waals surface area contributed by atoms with Gasteiger partial charge >= 0.3 is 5.97 Å². The maximum atomic E-state index is 11.7. The minimum absolute atomic E-state index is 0.142. The Labute approximate surface area is 123 Å². The summed E-state index contributed by atoms with van der Waals surface area (Å²) in [5.41, 5.74) is 7.00. The molecule has 2 aromatic rings. The summed E-state index contributed by atoms with van der Waals surface area (Å²) in [5.74, 6) is 0.759. The number of benzene rings is 2. The number of rotatable bonds is 6. The summed E-state index contributed by atoms with van der Waals surface area (Å²) in [4.78, 5) is 11.7. The highest BCUT2D eigenvalue weighted by atomic mass is 16.6. The zero-order chi connectivity index (χ0) is 15.1. The molecule has 0 aliphatic rings. The first-order valence-corrected chi connectivity index (χ1v) is 6.45. The SMILES string of the molecule is COc1ccccc1COC(=O)COc1cccc(N)c1. The van der Waals surface area contributed by atoms with E-state index >= 15 is 0 Å². The largest absolute Gasteiger partial charge is 0.496 e. The lowest BCUT2D eigenvalue weighted by atomic mass is 10.2. The van der Waals surface area contributed by atoms with Crippen molar-refractivity contribution in [3.63, 3.8) is 0 Å². The van der Waals surface area contributed by atoms with Crippen molar-refractivity contribution in [3.05, 3.63) is 54.1 Å². The van der Waals surface area contributed by atoms with Crippen molar-refractivity contribution < 1.29 is 19.0 Å². The van der Waals surface area contributed by atoms with Crippen LogP contribution in [0.15, 0.2) is 48.5 Å². The predicted octanol–water partition coefficient (Wildman–Crippen LogP) is 2.40. The van der Waals surface area contributed by atoms with Gasteiger partial charge in [0.05, 0.1) is 7.11 Å². The molecule has 0 aromatic heterocycles. The molecular formula is C16H17NO4. The summed E-state index contributed by atoms with van der Waals surface area (Å²) in [6, 6.07) is 14.2. The number of nitrogens with two attached hydrogens (primary N) is 1. The van der Waals surface area contributed by atoms with Crippen LogP contribution < -0.4 is 15.2 Å². The van der Waals surface area contributed by atoms with E-state index < -0.39 is 5.97 Å². The Balaban J connectivity index is 1.82. The van der Waals surface area contributed by atoms with Crippen molar-refractivity contribution in [2.24, 2.45) is 0 Å². The van der Waals surface area contributed by atoms with Crippen LogP contribution in [0.5, 0.6) is 11.5 Å². The first-order valence-electron chi connectivity index (χ1n) is 6.45. The second-order valence-electron chi connectivity index (χ2n) is 4.33. The van der Waals surface area contributed by atoms with E-state index in [2.05, 4.69) is 0 Å². The van der Waals surface area contributed by atoms with Crippen LogP contribution in [-0.2, 0) is 16.1 Å². The number of anilines is 1. The second kappa shape index (κ2) is 7.19. The van der Waals surface area contributed by atoms with Gasteiger partial charge in [0.2, 0.25) is 0 Å². The van der Waals surface area contributed by atoms with Crippen molar-refractivity contribution in [2.45, 2.75) is 6.61 Å². The van der Waals surface area contributed by atoms with Crippen LogP contribution in [0.3, 0.4) is 0 Å². The number of methoxy groups -OCH3 is 1. The van der Waals surface area contributed by atoms with Crippen molar-refractivity contribution in [3.8, 4) is 11.5 Å². The highest BCUT2D eigenvalue weighted by Gasteiger charge is 2.07. The van der Waals surface area contributed by atoms with Gasteiger partial charge in [0.25, 0.3) is 0 Å². The lowest BCUT2D eigenvalue weighted by Gasteiger charge is -2.10. The quantitative estimate of drug-likeness (QED) is 0.652.